The average molecular weight is 544 g/mol. The van der Waals surface area contributed by atoms with E-state index in [1.807, 2.05) is 20.8 Å². The van der Waals surface area contributed by atoms with Crippen molar-refractivity contribution in [3.05, 3.63) is 103 Å². The van der Waals surface area contributed by atoms with Crippen LogP contribution >= 0.6 is 23.2 Å². The molecule has 1 saturated heterocycles. The molecular weight excluding hydrogens is 519 g/mol. The van der Waals surface area contributed by atoms with Crippen molar-refractivity contribution in [3.63, 3.8) is 0 Å². The highest BCUT2D eigenvalue weighted by Gasteiger charge is 2.60. The molecule has 1 aliphatic heterocycles. The molecule has 5 nitrogen and oxygen atoms in total. The van der Waals surface area contributed by atoms with Crippen molar-refractivity contribution >= 4 is 29.1 Å². The van der Waals surface area contributed by atoms with Crippen LogP contribution in [0.3, 0.4) is 0 Å². The van der Waals surface area contributed by atoms with Crippen molar-refractivity contribution in [2.45, 2.75) is 38.6 Å². The lowest BCUT2D eigenvalue weighted by Gasteiger charge is -2.38. The number of aromatic nitrogens is 1. The summed E-state index contributed by atoms with van der Waals surface area (Å²) < 4.78 is 31.2. The summed E-state index contributed by atoms with van der Waals surface area (Å²) in [5.74, 6) is -2.63. The zero-order chi connectivity index (χ0) is 27.1. The average Bonchev–Trinajstić information content (AvgIpc) is 3.13. The van der Waals surface area contributed by atoms with Gasteiger partial charge in [0.15, 0.2) is 0 Å². The van der Waals surface area contributed by atoms with Crippen LogP contribution in [0.25, 0.3) is 0 Å². The molecule has 1 aromatic heterocycles. The molecule has 0 aliphatic carbocycles. The summed E-state index contributed by atoms with van der Waals surface area (Å²) in [5.41, 5.74) is -2.22. The first-order chi connectivity index (χ1) is 17.4. The zero-order valence-electron chi connectivity index (χ0n) is 20.5. The number of nitrogens with one attached hydrogen (secondary N) is 1. The van der Waals surface area contributed by atoms with E-state index < -0.39 is 40.5 Å². The lowest BCUT2D eigenvalue weighted by atomic mass is 9.63. The van der Waals surface area contributed by atoms with E-state index in [4.69, 9.17) is 23.2 Å². The Labute approximate surface area is 223 Å². The maximum absolute atomic E-state index is 15.6. The molecule has 3 aromatic rings. The minimum absolute atomic E-state index is 0.00224. The zero-order valence-corrected chi connectivity index (χ0v) is 22.0. The summed E-state index contributed by atoms with van der Waals surface area (Å²) in [5, 5.41) is 10.8. The molecule has 0 spiro atoms. The number of halogens is 4. The SMILES string of the molecule is CC(C)(C)CC1CN(C(=O)c2ccc(=O)[nH]c2)C(c2cccc(Cl)c2F)C1(C#N)c1ccc(Cl)cc1F. The molecule has 2 aromatic carbocycles. The number of amides is 1. The number of rotatable bonds is 4. The number of nitriles is 1. The normalized spacial score (nSPS) is 21.6. The first kappa shape index (κ1) is 26.8. The Hall–Kier alpha value is -3.21. The first-order valence-electron chi connectivity index (χ1n) is 11.7. The molecule has 9 heteroatoms. The van der Waals surface area contributed by atoms with Crippen molar-refractivity contribution < 1.29 is 13.6 Å². The van der Waals surface area contributed by atoms with Gasteiger partial charge in [-0.25, -0.2) is 8.78 Å². The second-order valence-corrected chi connectivity index (χ2v) is 11.4. The van der Waals surface area contributed by atoms with Gasteiger partial charge in [-0.1, -0.05) is 62.2 Å². The second-order valence-electron chi connectivity index (χ2n) is 10.5. The summed E-state index contributed by atoms with van der Waals surface area (Å²) >= 11 is 12.2. The highest BCUT2D eigenvalue weighted by Crippen LogP contribution is 2.56. The molecule has 1 aliphatic rings. The van der Waals surface area contributed by atoms with E-state index in [0.717, 1.165) is 6.07 Å². The Bertz CT molecular complexity index is 1440. The van der Waals surface area contributed by atoms with Crippen LogP contribution in [0.5, 0.6) is 0 Å². The summed E-state index contributed by atoms with van der Waals surface area (Å²) in [6.07, 6.45) is 1.70. The van der Waals surface area contributed by atoms with Gasteiger partial charge in [-0.3, -0.25) is 9.59 Å². The van der Waals surface area contributed by atoms with Gasteiger partial charge in [0.25, 0.3) is 5.91 Å². The molecule has 3 unspecified atom stereocenters. The number of likely N-dealkylation sites (tertiary alicyclic amines) is 1. The largest absolute Gasteiger partial charge is 0.329 e. The number of nitrogens with zero attached hydrogens (tertiary/aromatic N) is 2. The Kier molecular flexibility index (Phi) is 7.20. The number of H-pyrrole nitrogens is 1. The fourth-order valence-electron chi connectivity index (χ4n) is 5.38. The van der Waals surface area contributed by atoms with Gasteiger partial charge in [-0.05, 0) is 36.1 Å². The van der Waals surface area contributed by atoms with Crippen molar-refractivity contribution in [1.29, 1.82) is 5.26 Å². The van der Waals surface area contributed by atoms with E-state index in [1.54, 1.807) is 0 Å². The monoisotopic (exact) mass is 543 g/mol. The van der Waals surface area contributed by atoms with E-state index >= 15 is 8.78 Å². The van der Waals surface area contributed by atoms with E-state index in [-0.39, 0.29) is 38.7 Å². The van der Waals surface area contributed by atoms with E-state index in [1.165, 1.54) is 53.6 Å². The summed E-state index contributed by atoms with van der Waals surface area (Å²) in [6.45, 7) is 5.99. The molecule has 0 radical (unpaired) electrons. The number of aromatic amines is 1. The van der Waals surface area contributed by atoms with Crippen LogP contribution in [0.2, 0.25) is 10.0 Å². The molecule has 0 saturated carbocycles. The standard InChI is InChI=1S/C28H25Cl2F2N3O2/c1-27(2,3)12-17-14-35(26(37)16-7-10-23(36)34-13-16)25(19-5-4-6-21(30)24(19)32)28(17,15-33)20-9-8-18(29)11-22(20)31/h4-11,13,17,25H,12,14H2,1-3H3,(H,34,36). The lowest BCUT2D eigenvalue weighted by Crippen LogP contribution is -2.41. The van der Waals surface area contributed by atoms with Gasteiger partial charge in [0, 0.05) is 40.9 Å². The van der Waals surface area contributed by atoms with Gasteiger partial charge in [0.2, 0.25) is 5.56 Å². The topological polar surface area (TPSA) is 77.0 Å². The van der Waals surface area contributed by atoms with Crippen LogP contribution in [-0.4, -0.2) is 22.3 Å². The number of pyridine rings is 1. The number of carbonyl (C=O) groups excluding carboxylic acids is 1. The number of benzene rings is 2. The molecule has 1 N–H and O–H groups in total. The molecule has 2 heterocycles. The number of hydrogen-bond acceptors (Lipinski definition) is 3. The summed E-state index contributed by atoms with van der Waals surface area (Å²) in [4.78, 5) is 29.3. The van der Waals surface area contributed by atoms with Gasteiger partial charge in [-0.2, -0.15) is 5.26 Å². The molecular formula is C28H25Cl2F2N3O2. The lowest BCUT2D eigenvalue weighted by molar-refractivity contribution is 0.0712. The minimum atomic E-state index is -1.68. The smallest absolute Gasteiger partial charge is 0.255 e. The maximum Gasteiger partial charge on any atom is 0.255 e. The van der Waals surface area contributed by atoms with Crippen LogP contribution < -0.4 is 5.56 Å². The predicted octanol–water partition coefficient (Wildman–Crippen LogP) is 6.67. The second kappa shape index (κ2) is 9.92. The molecule has 4 rings (SSSR count). The highest BCUT2D eigenvalue weighted by molar-refractivity contribution is 6.31. The van der Waals surface area contributed by atoms with Gasteiger partial charge >= 0.3 is 0 Å². The molecule has 1 fully saturated rings. The van der Waals surface area contributed by atoms with Crippen LogP contribution in [0.4, 0.5) is 8.78 Å². The van der Waals surface area contributed by atoms with Crippen LogP contribution in [0.1, 0.15) is 54.7 Å². The van der Waals surface area contributed by atoms with Gasteiger partial charge < -0.3 is 9.88 Å². The van der Waals surface area contributed by atoms with Gasteiger partial charge in [0.1, 0.15) is 17.0 Å². The third-order valence-electron chi connectivity index (χ3n) is 6.79. The molecule has 0 bridgehead atoms. The van der Waals surface area contributed by atoms with E-state index in [2.05, 4.69) is 11.1 Å². The van der Waals surface area contributed by atoms with Crippen molar-refractivity contribution in [3.8, 4) is 6.07 Å². The van der Waals surface area contributed by atoms with Crippen LogP contribution in [-0.2, 0) is 5.41 Å². The molecule has 192 valence electrons. The first-order valence-corrected chi connectivity index (χ1v) is 12.4. The Morgan fingerprint density at radius 3 is 2.51 bits per heavy atom. The molecule has 37 heavy (non-hydrogen) atoms. The van der Waals surface area contributed by atoms with Crippen molar-refractivity contribution in [1.82, 2.24) is 9.88 Å². The number of hydrogen-bond donors (Lipinski definition) is 1. The maximum atomic E-state index is 15.6. The quantitative estimate of drug-likeness (QED) is 0.399. The third-order valence-corrected chi connectivity index (χ3v) is 7.32. The summed E-state index contributed by atoms with van der Waals surface area (Å²) in [7, 11) is 0. The fourth-order valence-corrected chi connectivity index (χ4v) is 5.72. The minimum Gasteiger partial charge on any atom is -0.329 e. The Balaban J connectivity index is 2.04. The Morgan fingerprint density at radius 2 is 1.92 bits per heavy atom. The van der Waals surface area contributed by atoms with E-state index in [0.29, 0.717) is 6.42 Å². The van der Waals surface area contributed by atoms with Crippen molar-refractivity contribution in [2.75, 3.05) is 6.54 Å². The van der Waals surface area contributed by atoms with Crippen LogP contribution in [0, 0.1) is 34.3 Å². The fraction of sp³-hybridized carbons (Fsp3) is 0.321. The van der Waals surface area contributed by atoms with Gasteiger partial charge in [0.05, 0.1) is 22.7 Å². The van der Waals surface area contributed by atoms with Crippen LogP contribution in [0.15, 0.2) is 59.5 Å². The molecule has 1 amide bonds. The molecule has 3 atom stereocenters. The third kappa shape index (κ3) is 4.88. The van der Waals surface area contributed by atoms with E-state index in [9.17, 15) is 14.9 Å². The predicted molar refractivity (Wildman–Crippen MR) is 139 cm³/mol. The van der Waals surface area contributed by atoms with Crippen molar-refractivity contribution in [2.24, 2.45) is 11.3 Å². The Morgan fingerprint density at radius 1 is 1.19 bits per heavy atom. The summed E-state index contributed by atoms with van der Waals surface area (Å²) in [6, 6.07) is 12.0. The number of carbonyl (C=O) groups is 1. The highest BCUT2D eigenvalue weighted by atomic mass is 35.5. The van der Waals surface area contributed by atoms with Gasteiger partial charge in [-0.15, -0.1) is 0 Å².